The lowest BCUT2D eigenvalue weighted by Gasteiger charge is -2.25. The Hall–Kier alpha value is -2.66. The average Bonchev–Trinajstić information content (AvgIpc) is 2.32. The van der Waals surface area contributed by atoms with Crippen molar-refractivity contribution in [2.75, 3.05) is 5.17 Å². The lowest BCUT2D eigenvalue weighted by molar-refractivity contribution is -0.192. The Bertz CT molecular complexity index is 540. The number of benzene rings is 1. The largest absolute Gasteiger partial charge is 0.444 e. The maximum Gasteiger partial charge on any atom is 0.444 e. The van der Waals surface area contributed by atoms with E-state index in [2.05, 4.69) is 9.68 Å². The van der Waals surface area contributed by atoms with Gasteiger partial charge in [0.05, 0.1) is 11.6 Å². The van der Waals surface area contributed by atoms with Gasteiger partial charge < -0.3 is 9.68 Å². The minimum atomic E-state index is -1.28. The SMILES string of the molecule is N#Cc1ccc(N2NOC(=O)C(=O)O2)c(F)c1. The molecule has 1 N–H and O–H groups in total. The topological polar surface area (TPSA) is 91.7 Å². The number of hydrogen-bond acceptors (Lipinski definition) is 7. The van der Waals surface area contributed by atoms with Crippen LogP contribution < -0.4 is 10.8 Å². The summed E-state index contributed by atoms with van der Waals surface area (Å²) >= 11 is 0. The molecule has 0 aromatic heterocycles. The van der Waals surface area contributed by atoms with Crippen LogP contribution in [0, 0.1) is 17.1 Å². The van der Waals surface area contributed by atoms with Crippen LogP contribution in [0.15, 0.2) is 18.2 Å². The van der Waals surface area contributed by atoms with Crippen LogP contribution in [-0.2, 0) is 19.3 Å². The van der Waals surface area contributed by atoms with E-state index in [9.17, 15) is 14.0 Å². The van der Waals surface area contributed by atoms with E-state index < -0.39 is 17.8 Å². The fourth-order valence-corrected chi connectivity index (χ4v) is 1.10. The zero-order chi connectivity index (χ0) is 12.4. The molecular weight excluding hydrogens is 233 g/mol. The molecule has 1 aromatic carbocycles. The number of hydrazine groups is 1. The minimum Gasteiger partial charge on any atom is -0.338 e. The summed E-state index contributed by atoms with van der Waals surface area (Å²) in [5.74, 6) is -3.34. The van der Waals surface area contributed by atoms with Gasteiger partial charge >= 0.3 is 11.9 Å². The van der Waals surface area contributed by atoms with E-state index in [0.29, 0.717) is 5.17 Å². The molecular formula is C9H4FN3O4. The molecule has 0 amide bonds. The number of nitriles is 1. The standard InChI is InChI=1S/C9H4FN3O4/c10-6-3-5(4-11)1-2-7(6)13-12-16-8(14)9(15)17-13/h1-3,12H. The van der Waals surface area contributed by atoms with E-state index in [4.69, 9.17) is 5.26 Å². The number of carbonyl (C=O) groups excluding carboxylic acids is 2. The monoisotopic (exact) mass is 237 g/mol. The van der Waals surface area contributed by atoms with Crippen LogP contribution in [-0.4, -0.2) is 11.9 Å². The van der Waals surface area contributed by atoms with Gasteiger partial charge in [0.15, 0.2) is 5.82 Å². The molecule has 0 saturated carbocycles. The highest BCUT2D eigenvalue weighted by Gasteiger charge is 2.30. The molecule has 1 saturated heterocycles. The van der Waals surface area contributed by atoms with Crippen molar-refractivity contribution in [1.82, 2.24) is 5.59 Å². The van der Waals surface area contributed by atoms with Gasteiger partial charge in [-0.3, -0.25) is 0 Å². The zero-order valence-electron chi connectivity index (χ0n) is 8.14. The third-order valence-electron chi connectivity index (χ3n) is 1.86. The molecule has 1 fully saturated rings. The van der Waals surface area contributed by atoms with Crippen molar-refractivity contribution in [2.45, 2.75) is 0 Å². The zero-order valence-corrected chi connectivity index (χ0v) is 8.14. The van der Waals surface area contributed by atoms with Crippen molar-refractivity contribution in [3.8, 4) is 6.07 Å². The Morgan fingerprint density at radius 1 is 1.35 bits per heavy atom. The van der Waals surface area contributed by atoms with Crippen LogP contribution >= 0.6 is 0 Å². The second-order valence-electron chi connectivity index (χ2n) is 2.93. The number of halogens is 1. The molecule has 7 nitrogen and oxygen atoms in total. The summed E-state index contributed by atoms with van der Waals surface area (Å²) in [4.78, 5) is 30.1. The number of nitrogens with zero attached hydrogens (tertiary/aromatic N) is 2. The first-order valence-electron chi connectivity index (χ1n) is 4.30. The summed E-state index contributed by atoms with van der Waals surface area (Å²) in [5.41, 5.74) is 1.81. The van der Waals surface area contributed by atoms with Gasteiger partial charge in [-0.2, -0.15) is 5.26 Å². The number of hydrogen-bond donors (Lipinski definition) is 1. The van der Waals surface area contributed by atoms with Crippen molar-refractivity contribution in [2.24, 2.45) is 0 Å². The van der Waals surface area contributed by atoms with E-state index in [1.54, 1.807) is 6.07 Å². The summed E-state index contributed by atoms with van der Waals surface area (Å²) < 4.78 is 13.5. The Kier molecular flexibility index (Phi) is 2.60. The molecule has 2 rings (SSSR count). The average molecular weight is 237 g/mol. The van der Waals surface area contributed by atoms with Gasteiger partial charge in [0, 0.05) is 0 Å². The van der Waals surface area contributed by atoms with Crippen molar-refractivity contribution in [3.63, 3.8) is 0 Å². The predicted octanol–water partition coefficient (Wildman–Crippen LogP) is -0.0616. The number of carbonyl (C=O) groups is 2. The highest BCUT2D eigenvalue weighted by Crippen LogP contribution is 2.20. The van der Waals surface area contributed by atoms with Crippen molar-refractivity contribution in [3.05, 3.63) is 29.6 Å². The summed E-state index contributed by atoms with van der Waals surface area (Å²) in [7, 11) is 0. The lowest BCUT2D eigenvalue weighted by atomic mass is 10.2. The van der Waals surface area contributed by atoms with Crippen molar-refractivity contribution in [1.29, 1.82) is 5.26 Å². The van der Waals surface area contributed by atoms with Gasteiger partial charge in [0.2, 0.25) is 0 Å². The van der Waals surface area contributed by atoms with E-state index in [0.717, 1.165) is 6.07 Å². The molecule has 0 aliphatic carbocycles. The van der Waals surface area contributed by atoms with E-state index in [1.807, 2.05) is 5.59 Å². The smallest absolute Gasteiger partial charge is 0.338 e. The van der Waals surface area contributed by atoms with Crippen LogP contribution in [0.1, 0.15) is 5.56 Å². The summed E-state index contributed by atoms with van der Waals surface area (Å²) in [6.45, 7) is 0. The Balaban J connectivity index is 2.27. The van der Waals surface area contributed by atoms with Crippen LogP contribution in [0.3, 0.4) is 0 Å². The van der Waals surface area contributed by atoms with E-state index in [-0.39, 0.29) is 11.3 Å². The fraction of sp³-hybridized carbons (Fsp3) is 0. The molecule has 8 heteroatoms. The molecule has 0 spiro atoms. The van der Waals surface area contributed by atoms with Gasteiger partial charge in [-0.1, -0.05) is 5.17 Å². The summed E-state index contributed by atoms with van der Waals surface area (Å²) in [5, 5.41) is 9.08. The predicted molar refractivity (Wildman–Crippen MR) is 48.9 cm³/mol. The Morgan fingerprint density at radius 2 is 2.12 bits per heavy atom. The maximum absolute atomic E-state index is 13.5. The van der Waals surface area contributed by atoms with Crippen LogP contribution in [0.4, 0.5) is 10.1 Å². The molecule has 17 heavy (non-hydrogen) atoms. The number of nitrogens with one attached hydrogen (secondary N) is 1. The normalized spacial score (nSPS) is 14.9. The van der Waals surface area contributed by atoms with E-state index in [1.165, 1.54) is 12.1 Å². The number of rotatable bonds is 1. The lowest BCUT2D eigenvalue weighted by Crippen LogP contribution is -2.49. The van der Waals surface area contributed by atoms with Crippen molar-refractivity contribution < 1.29 is 23.7 Å². The first kappa shape index (κ1) is 10.8. The fourth-order valence-electron chi connectivity index (χ4n) is 1.10. The molecule has 1 heterocycles. The highest BCUT2D eigenvalue weighted by atomic mass is 19.1. The first-order valence-corrected chi connectivity index (χ1v) is 4.30. The van der Waals surface area contributed by atoms with Crippen LogP contribution in [0.5, 0.6) is 0 Å². The molecule has 86 valence electrons. The molecule has 1 aliphatic rings. The minimum absolute atomic E-state index is 0.103. The summed E-state index contributed by atoms with van der Waals surface area (Å²) in [6, 6.07) is 5.19. The third-order valence-corrected chi connectivity index (χ3v) is 1.86. The second-order valence-corrected chi connectivity index (χ2v) is 2.93. The van der Waals surface area contributed by atoms with Gasteiger partial charge in [-0.15, -0.1) is 0 Å². The van der Waals surface area contributed by atoms with Gasteiger partial charge in [-0.25, -0.2) is 14.0 Å². The molecule has 0 atom stereocenters. The van der Waals surface area contributed by atoms with E-state index >= 15 is 0 Å². The van der Waals surface area contributed by atoms with Crippen molar-refractivity contribution >= 4 is 17.6 Å². The Morgan fingerprint density at radius 3 is 2.71 bits per heavy atom. The molecule has 1 aromatic rings. The molecule has 0 bridgehead atoms. The number of anilines is 1. The highest BCUT2D eigenvalue weighted by molar-refractivity contribution is 6.30. The first-order chi connectivity index (χ1) is 8.11. The second kappa shape index (κ2) is 4.07. The molecule has 0 radical (unpaired) electrons. The van der Waals surface area contributed by atoms with Crippen LogP contribution in [0.25, 0.3) is 0 Å². The van der Waals surface area contributed by atoms with Gasteiger partial charge in [0.25, 0.3) is 0 Å². The summed E-state index contributed by atoms with van der Waals surface area (Å²) in [6.07, 6.45) is 0. The van der Waals surface area contributed by atoms with Gasteiger partial charge in [0.1, 0.15) is 5.69 Å². The Labute approximate surface area is 93.8 Å². The molecule has 1 aliphatic heterocycles. The third kappa shape index (κ3) is 1.99. The maximum atomic E-state index is 13.5. The quantitative estimate of drug-likeness (QED) is 0.684. The van der Waals surface area contributed by atoms with Crippen LogP contribution in [0.2, 0.25) is 0 Å². The van der Waals surface area contributed by atoms with Gasteiger partial charge in [-0.05, 0) is 23.8 Å². The molecule has 0 unspecified atom stereocenters.